The number of rotatable bonds is 9. The number of hydrogen-bond acceptors (Lipinski definition) is 5. The number of nitrogens with zero attached hydrogens (tertiary/aromatic N) is 1. The minimum Gasteiger partial charge on any atom is -0.382 e. The monoisotopic (exact) mass is 456 g/mol. The van der Waals surface area contributed by atoms with Crippen LogP contribution in [0.5, 0.6) is 0 Å². The molecule has 1 aliphatic heterocycles. The van der Waals surface area contributed by atoms with E-state index in [9.17, 15) is 4.79 Å². The Labute approximate surface area is 199 Å². The van der Waals surface area contributed by atoms with Gasteiger partial charge in [-0.15, -0.1) is 17.8 Å². The molecule has 3 unspecified atom stereocenters. The molecule has 0 spiro atoms. The van der Waals surface area contributed by atoms with Crippen LogP contribution in [0.4, 0.5) is 11.4 Å². The van der Waals surface area contributed by atoms with Gasteiger partial charge in [-0.1, -0.05) is 30.3 Å². The first kappa shape index (κ1) is 21.5. The molecule has 2 heterocycles. The van der Waals surface area contributed by atoms with Gasteiger partial charge in [0.1, 0.15) is 0 Å². The van der Waals surface area contributed by atoms with Crippen LogP contribution < -0.4 is 16.0 Å². The van der Waals surface area contributed by atoms with Crippen LogP contribution >= 0.6 is 11.3 Å². The molecule has 2 aliphatic rings. The summed E-state index contributed by atoms with van der Waals surface area (Å²) in [5.41, 5.74) is 5.81. The third kappa shape index (κ3) is 4.46. The van der Waals surface area contributed by atoms with Crippen molar-refractivity contribution in [2.75, 3.05) is 17.2 Å². The van der Waals surface area contributed by atoms with E-state index in [0.717, 1.165) is 24.2 Å². The van der Waals surface area contributed by atoms with Crippen molar-refractivity contribution in [3.8, 4) is 12.3 Å². The number of nitrogens with one attached hydrogen (secondary N) is 3. The fraction of sp³-hybridized carbons (Fsp3) is 0.333. The van der Waals surface area contributed by atoms with E-state index in [4.69, 9.17) is 11.4 Å². The Morgan fingerprint density at radius 1 is 1.21 bits per heavy atom. The molecule has 5 rings (SSSR count). The van der Waals surface area contributed by atoms with E-state index in [0.29, 0.717) is 17.6 Å². The van der Waals surface area contributed by atoms with Crippen LogP contribution in [-0.4, -0.2) is 30.0 Å². The number of carbonyl (C=O) groups excluding carboxylic acids is 1. The second-order valence-corrected chi connectivity index (χ2v) is 9.68. The number of amides is 1. The highest BCUT2D eigenvalue weighted by Crippen LogP contribution is 2.46. The molecule has 1 amide bonds. The van der Waals surface area contributed by atoms with Crippen LogP contribution in [0.15, 0.2) is 53.9 Å². The molecule has 1 fully saturated rings. The molecule has 5 nitrogen and oxygen atoms in total. The minimum atomic E-state index is 0.0368. The van der Waals surface area contributed by atoms with Gasteiger partial charge in [-0.05, 0) is 60.9 Å². The Hall–Kier alpha value is -3.30. The van der Waals surface area contributed by atoms with Gasteiger partial charge in [-0.25, -0.2) is 4.98 Å². The molecule has 33 heavy (non-hydrogen) atoms. The molecule has 0 radical (unpaired) electrons. The topological polar surface area (TPSA) is 66.1 Å². The molecule has 3 aromatic rings. The maximum absolute atomic E-state index is 10.9. The molecule has 2 aromatic carbocycles. The molecule has 0 saturated heterocycles. The van der Waals surface area contributed by atoms with Gasteiger partial charge >= 0.3 is 0 Å². The molecular weight excluding hydrogens is 428 g/mol. The van der Waals surface area contributed by atoms with Crippen molar-refractivity contribution in [1.29, 1.82) is 0 Å². The third-order valence-electron chi connectivity index (χ3n) is 6.87. The van der Waals surface area contributed by atoms with Crippen molar-refractivity contribution >= 4 is 29.1 Å². The van der Waals surface area contributed by atoms with Crippen molar-refractivity contribution in [2.24, 2.45) is 0 Å². The number of benzene rings is 2. The zero-order valence-electron chi connectivity index (χ0n) is 18.5. The average Bonchev–Trinajstić information content (AvgIpc) is 3.43. The largest absolute Gasteiger partial charge is 0.382 e. The number of anilines is 2. The van der Waals surface area contributed by atoms with Gasteiger partial charge in [-0.2, -0.15) is 0 Å². The van der Waals surface area contributed by atoms with Crippen LogP contribution in [-0.2, 0) is 4.79 Å². The van der Waals surface area contributed by atoms with Crippen molar-refractivity contribution in [1.82, 2.24) is 10.3 Å². The maximum Gasteiger partial charge on any atom is 0.207 e. The summed E-state index contributed by atoms with van der Waals surface area (Å²) in [6.45, 7) is 0.629. The highest BCUT2D eigenvalue weighted by Gasteiger charge is 2.39. The Balaban J connectivity index is 1.49. The van der Waals surface area contributed by atoms with Gasteiger partial charge < -0.3 is 16.0 Å². The van der Waals surface area contributed by atoms with E-state index < -0.39 is 0 Å². The first-order chi connectivity index (χ1) is 16.3. The van der Waals surface area contributed by atoms with E-state index >= 15 is 0 Å². The molecule has 1 aromatic heterocycles. The fourth-order valence-corrected chi connectivity index (χ4v) is 5.66. The summed E-state index contributed by atoms with van der Waals surface area (Å²) in [5.74, 6) is 2.96. The second-order valence-electron chi connectivity index (χ2n) is 8.82. The minimum absolute atomic E-state index is 0.0368. The van der Waals surface area contributed by atoms with Crippen LogP contribution in [0.25, 0.3) is 0 Å². The lowest BCUT2D eigenvalue weighted by molar-refractivity contribution is -0.109. The SMILES string of the molecule is C#Cc1nc(C(c2ccc(NC3CCC3)cc2)C2Nc3ccccc3C2CCNC=O)cs1. The zero-order chi connectivity index (χ0) is 22.6. The number of terminal acetylenes is 1. The Morgan fingerprint density at radius 2 is 2.03 bits per heavy atom. The molecule has 1 aliphatic carbocycles. The van der Waals surface area contributed by atoms with Gasteiger partial charge in [0.2, 0.25) is 6.41 Å². The normalized spacial score (nSPS) is 20.1. The summed E-state index contributed by atoms with van der Waals surface area (Å²) < 4.78 is 0. The first-order valence-electron chi connectivity index (χ1n) is 11.6. The molecule has 3 atom stereocenters. The number of hydrogen-bond donors (Lipinski definition) is 3. The number of thiazole rings is 1. The number of aromatic nitrogens is 1. The van der Waals surface area contributed by atoms with Crippen LogP contribution in [0.2, 0.25) is 0 Å². The van der Waals surface area contributed by atoms with Gasteiger partial charge in [0.05, 0.1) is 5.69 Å². The van der Waals surface area contributed by atoms with Crippen LogP contribution in [0.1, 0.15) is 59.3 Å². The van der Waals surface area contributed by atoms with Crippen molar-refractivity contribution in [3.05, 3.63) is 75.7 Å². The lowest BCUT2D eigenvalue weighted by Gasteiger charge is -2.30. The molecule has 168 valence electrons. The van der Waals surface area contributed by atoms with Crippen LogP contribution in [0, 0.1) is 12.3 Å². The third-order valence-corrected chi connectivity index (χ3v) is 7.66. The van der Waals surface area contributed by atoms with Gasteiger partial charge in [0.25, 0.3) is 0 Å². The highest BCUT2D eigenvalue weighted by molar-refractivity contribution is 7.10. The predicted octanol–water partition coefficient (Wildman–Crippen LogP) is 4.93. The Morgan fingerprint density at radius 3 is 2.73 bits per heavy atom. The molecule has 3 N–H and O–H groups in total. The lowest BCUT2D eigenvalue weighted by atomic mass is 9.79. The van der Waals surface area contributed by atoms with E-state index in [1.165, 1.54) is 47.4 Å². The maximum atomic E-state index is 10.9. The average molecular weight is 457 g/mol. The number of carbonyl (C=O) groups is 1. The predicted molar refractivity (Wildman–Crippen MR) is 135 cm³/mol. The molecule has 1 saturated carbocycles. The summed E-state index contributed by atoms with van der Waals surface area (Å²) in [5, 5.41) is 13.0. The molecule has 0 bridgehead atoms. The van der Waals surface area contributed by atoms with E-state index in [1.54, 1.807) is 0 Å². The second kappa shape index (κ2) is 9.68. The summed E-state index contributed by atoms with van der Waals surface area (Å²) in [7, 11) is 0. The molecule has 6 heteroatoms. The summed E-state index contributed by atoms with van der Waals surface area (Å²) in [6.07, 6.45) is 11.1. The lowest BCUT2D eigenvalue weighted by Crippen LogP contribution is -2.31. The van der Waals surface area contributed by atoms with Gasteiger partial charge in [0.15, 0.2) is 5.01 Å². The first-order valence-corrected chi connectivity index (χ1v) is 12.5. The Kier molecular flexibility index (Phi) is 6.32. The summed E-state index contributed by atoms with van der Waals surface area (Å²) in [6, 6.07) is 18.0. The summed E-state index contributed by atoms with van der Waals surface area (Å²) >= 11 is 1.51. The quantitative estimate of drug-likeness (QED) is 0.243. The highest BCUT2D eigenvalue weighted by atomic mass is 32.1. The van der Waals surface area contributed by atoms with Crippen molar-refractivity contribution in [2.45, 2.75) is 49.6 Å². The number of para-hydroxylation sites is 1. The standard InChI is InChI=1S/C27H28N4OS/c1-2-25-30-24(16-33-25)26(18-10-12-20(13-11-18)29-19-6-5-7-19)27-22(14-15-28-17-32)21-8-3-4-9-23(21)31-27/h1,3-4,8-13,16-17,19,22,26-27,29,31H,5-7,14-15H2,(H,28,32). The van der Waals surface area contributed by atoms with Gasteiger partial charge in [0, 0.05) is 47.2 Å². The van der Waals surface area contributed by atoms with Crippen molar-refractivity contribution in [3.63, 3.8) is 0 Å². The fourth-order valence-electron chi connectivity index (χ4n) is 5.01. The van der Waals surface area contributed by atoms with Crippen molar-refractivity contribution < 1.29 is 4.79 Å². The van der Waals surface area contributed by atoms with Crippen LogP contribution in [0.3, 0.4) is 0 Å². The van der Waals surface area contributed by atoms with E-state index in [-0.39, 0.29) is 17.9 Å². The van der Waals surface area contributed by atoms with E-state index in [2.05, 4.69) is 75.8 Å². The van der Waals surface area contributed by atoms with Gasteiger partial charge in [-0.3, -0.25) is 4.79 Å². The molecular formula is C27H28N4OS. The smallest absolute Gasteiger partial charge is 0.207 e. The Bertz CT molecular complexity index is 1150. The number of fused-ring (bicyclic) bond motifs is 1. The summed E-state index contributed by atoms with van der Waals surface area (Å²) in [4.78, 5) is 15.7. The van der Waals surface area contributed by atoms with E-state index in [1.807, 2.05) is 0 Å². The zero-order valence-corrected chi connectivity index (χ0v) is 19.3.